The molecule has 1 heterocycles. The van der Waals surface area contributed by atoms with E-state index in [1.54, 1.807) is 19.1 Å². The highest BCUT2D eigenvalue weighted by atomic mass is 35.5. The molecule has 0 saturated heterocycles. The monoisotopic (exact) mass is 320 g/mol. The van der Waals surface area contributed by atoms with Crippen LogP contribution in [0.15, 0.2) is 30.3 Å². The number of phenolic OH excluding ortho intramolecular Hbond substituents is 3. The summed E-state index contributed by atoms with van der Waals surface area (Å²) >= 11 is 6.00. The first-order chi connectivity index (χ1) is 10.4. The molecule has 0 unspecified atom stereocenters. The Morgan fingerprint density at radius 3 is 2.36 bits per heavy atom. The Morgan fingerprint density at radius 1 is 1.09 bits per heavy atom. The second-order valence-corrected chi connectivity index (χ2v) is 5.59. The van der Waals surface area contributed by atoms with E-state index in [4.69, 9.17) is 16.3 Å². The summed E-state index contributed by atoms with van der Waals surface area (Å²) in [5.41, 5.74) is 0.661. The zero-order valence-electron chi connectivity index (χ0n) is 11.6. The Bertz CT molecular complexity index is 754. The standard InChI is InChI=1S/C16H13ClO5/c1-7-14(21)12-10(19)6-11(20)13(17)16(12)22-15(7)8-2-4-9(18)5-3-8/h2-7,15,18-20H,1H3/t7-,15+/m1/s1. The maximum atomic E-state index is 12.5. The number of hydrogen-bond donors (Lipinski definition) is 3. The molecule has 5 nitrogen and oxygen atoms in total. The van der Waals surface area contributed by atoms with Gasteiger partial charge in [-0.05, 0) is 17.7 Å². The van der Waals surface area contributed by atoms with Crippen LogP contribution in [0.5, 0.6) is 23.0 Å². The molecule has 0 bridgehead atoms. The molecule has 0 radical (unpaired) electrons. The van der Waals surface area contributed by atoms with Crippen LogP contribution < -0.4 is 4.74 Å². The van der Waals surface area contributed by atoms with Gasteiger partial charge in [0.25, 0.3) is 0 Å². The lowest BCUT2D eigenvalue weighted by molar-refractivity contribution is 0.0684. The van der Waals surface area contributed by atoms with Crippen molar-refractivity contribution in [3.63, 3.8) is 0 Å². The first-order valence-electron chi connectivity index (χ1n) is 6.64. The molecule has 3 N–H and O–H groups in total. The number of benzene rings is 2. The summed E-state index contributed by atoms with van der Waals surface area (Å²) in [5.74, 6) is -1.52. The summed E-state index contributed by atoms with van der Waals surface area (Å²) in [6, 6.07) is 7.30. The summed E-state index contributed by atoms with van der Waals surface area (Å²) in [6.45, 7) is 1.68. The minimum atomic E-state index is -0.626. The molecule has 6 heteroatoms. The smallest absolute Gasteiger partial charge is 0.177 e. The van der Waals surface area contributed by atoms with Crippen LogP contribution in [-0.2, 0) is 0 Å². The molecule has 0 aromatic heterocycles. The predicted molar refractivity (Wildman–Crippen MR) is 79.8 cm³/mol. The molecular weight excluding hydrogens is 308 g/mol. The number of carbonyl (C=O) groups excluding carboxylic acids is 1. The zero-order chi connectivity index (χ0) is 16.0. The summed E-state index contributed by atoms with van der Waals surface area (Å²) in [5, 5.41) is 28.8. The second kappa shape index (κ2) is 5.10. The van der Waals surface area contributed by atoms with Crippen molar-refractivity contribution in [3.8, 4) is 23.0 Å². The zero-order valence-corrected chi connectivity index (χ0v) is 12.3. The van der Waals surface area contributed by atoms with Gasteiger partial charge in [-0.25, -0.2) is 0 Å². The molecule has 2 atom stereocenters. The Hall–Kier alpha value is -2.40. The largest absolute Gasteiger partial charge is 0.508 e. The molecule has 1 aliphatic rings. The third-order valence-corrected chi connectivity index (χ3v) is 4.13. The van der Waals surface area contributed by atoms with Crippen molar-refractivity contribution in [3.05, 3.63) is 46.5 Å². The minimum Gasteiger partial charge on any atom is -0.508 e. The predicted octanol–water partition coefficient (Wildman–Crippen LogP) is 3.41. The van der Waals surface area contributed by atoms with Gasteiger partial charge in [0.1, 0.15) is 33.9 Å². The van der Waals surface area contributed by atoms with Gasteiger partial charge in [0.2, 0.25) is 0 Å². The van der Waals surface area contributed by atoms with Gasteiger partial charge in [0.05, 0.1) is 5.92 Å². The molecule has 114 valence electrons. The van der Waals surface area contributed by atoms with Gasteiger partial charge in [0, 0.05) is 6.07 Å². The number of aromatic hydroxyl groups is 3. The highest BCUT2D eigenvalue weighted by Crippen LogP contribution is 2.49. The van der Waals surface area contributed by atoms with Crippen molar-refractivity contribution in [2.45, 2.75) is 13.0 Å². The van der Waals surface area contributed by atoms with Crippen LogP contribution in [0.1, 0.15) is 28.9 Å². The Balaban J connectivity index is 2.12. The molecule has 0 amide bonds. The van der Waals surface area contributed by atoms with E-state index in [0.29, 0.717) is 5.56 Å². The van der Waals surface area contributed by atoms with Crippen LogP contribution in [-0.4, -0.2) is 21.1 Å². The van der Waals surface area contributed by atoms with E-state index in [1.165, 1.54) is 12.1 Å². The molecule has 0 aliphatic carbocycles. The molecule has 2 aromatic rings. The lowest BCUT2D eigenvalue weighted by atomic mass is 9.86. The number of carbonyl (C=O) groups is 1. The molecule has 1 aliphatic heterocycles. The third-order valence-electron chi connectivity index (χ3n) is 3.76. The van der Waals surface area contributed by atoms with Crippen molar-refractivity contribution in [2.24, 2.45) is 5.92 Å². The van der Waals surface area contributed by atoms with E-state index in [0.717, 1.165) is 6.07 Å². The van der Waals surface area contributed by atoms with Crippen LogP contribution in [0.4, 0.5) is 0 Å². The highest BCUT2D eigenvalue weighted by Gasteiger charge is 2.39. The van der Waals surface area contributed by atoms with E-state index in [-0.39, 0.29) is 39.4 Å². The van der Waals surface area contributed by atoms with E-state index in [9.17, 15) is 20.1 Å². The van der Waals surface area contributed by atoms with Crippen molar-refractivity contribution in [1.29, 1.82) is 0 Å². The molecule has 0 spiro atoms. The average molecular weight is 321 g/mol. The number of fused-ring (bicyclic) bond motifs is 1. The van der Waals surface area contributed by atoms with Crippen molar-refractivity contribution < 1.29 is 24.9 Å². The van der Waals surface area contributed by atoms with Gasteiger partial charge >= 0.3 is 0 Å². The number of phenols is 3. The molecule has 22 heavy (non-hydrogen) atoms. The topological polar surface area (TPSA) is 87.0 Å². The van der Waals surface area contributed by atoms with Gasteiger partial charge in [-0.2, -0.15) is 0 Å². The summed E-state index contributed by atoms with van der Waals surface area (Å²) in [4.78, 5) is 12.5. The van der Waals surface area contributed by atoms with Crippen LogP contribution in [0.2, 0.25) is 5.02 Å². The van der Waals surface area contributed by atoms with Gasteiger partial charge in [-0.3, -0.25) is 4.79 Å². The summed E-state index contributed by atoms with van der Waals surface area (Å²) < 4.78 is 5.78. The fourth-order valence-electron chi connectivity index (χ4n) is 2.57. The number of ketones is 1. The maximum Gasteiger partial charge on any atom is 0.177 e. The first kappa shape index (κ1) is 14.5. The highest BCUT2D eigenvalue weighted by molar-refractivity contribution is 6.34. The quantitative estimate of drug-likeness (QED) is 0.749. The third kappa shape index (κ3) is 2.14. The molecule has 0 fully saturated rings. The van der Waals surface area contributed by atoms with Crippen LogP contribution >= 0.6 is 11.6 Å². The molecular formula is C16H13ClO5. The van der Waals surface area contributed by atoms with Crippen LogP contribution in [0, 0.1) is 5.92 Å². The van der Waals surface area contributed by atoms with E-state index in [2.05, 4.69) is 0 Å². The number of hydrogen-bond acceptors (Lipinski definition) is 5. The average Bonchev–Trinajstić information content (AvgIpc) is 2.48. The Morgan fingerprint density at radius 2 is 1.73 bits per heavy atom. The van der Waals surface area contributed by atoms with Gasteiger partial charge in [-0.15, -0.1) is 0 Å². The number of ether oxygens (including phenoxy) is 1. The van der Waals surface area contributed by atoms with Crippen molar-refractivity contribution in [1.82, 2.24) is 0 Å². The molecule has 3 rings (SSSR count). The normalized spacial score (nSPS) is 20.4. The second-order valence-electron chi connectivity index (χ2n) is 5.22. The van der Waals surface area contributed by atoms with Gasteiger partial charge in [0.15, 0.2) is 11.5 Å². The van der Waals surface area contributed by atoms with Crippen LogP contribution in [0.3, 0.4) is 0 Å². The lowest BCUT2D eigenvalue weighted by Crippen LogP contribution is -2.29. The summed E-state index contributed by atoms with van der Waals surface area (Å²) in [6.07, 6.45) is -0.626. The van der Waals surface area contributed by atoms with Crippen molar-refractivity contribution >= 4 is 17.4 Å². The van der Waals surface area contributed by atoms with E-state index in [1.807, 2.05) is 0 Å². The van der Waals surface area contributed by atoms with E-state index < -0.39 is 12.0 Å². The maximum absolute atomic E-state index is 12.5. The number of rotatable bonds is 1. The van der Waals surface area contributed by atoms with Crippen LogP contribution in [0.25, 0.3) is 0 Å². The molecule has 0 saturated carbocycles. The Kier molecular flexibility index (Phi) is 3.37. The number of halogens is 1. The molecule has 2 aromatic carbocycles. The fraction of sp³-hybridized carbons (Fsp3) is 0.188. The minimum absolute atomic E-state index is 0.0228. The number of Topliss-reactive ketones (excluding diaryl/α,β-unsaturated/α-hetero) is 1. The lowest BCUT2D eigenvalue weighted by Gasteiger charge is -2.31. The SMILES string of the molecule is C[C@@H]1C(=O)c2c(O)cc(O)c(Cl)c2O[C@@H]1c1ccc(O)cc1. The van der Waals surface area contributed by atoms with Gasteiger partial charge in [-0.1, -0.05) is 30.7 Å². The van der Waals surface area contributed by atoms with E-state index >= 15 is 0 Å². The first-order valence-corrected chi connectivity index (χ1v) is 7.02. The van der Waals surface area contributed by atoms with Crippen molar-refractivity contribution in [2.75, 3.05) is 0 Å². The fourth-order valence-corrected chi connectivity index (χ4v) is 2.76. The summed E-state index contributed by atoms with van der Waals surface area (Å²) in [7, 11) is 0. The van der Waals surface area contributed by atoms with Gasteiger partial charge < -0.3 is 20.1 Å². The Labute approximate surface area is 131 Å².